The molecule has 2 aromatic carbocycles. The van der Waals surface area contributed by atoms with Crippen LogP contribution in [0.3, 0.4) is 0 Å². The summed E-state index contributed by atoms with van der Waals surface area (Å²) < 4.78 is 8.33. The lowest BCUT2D eigenvalue weighted by atomic mass is 9.96. The van der Waals surface area contributed by atoms with Crippen molar-refractivity contribution in [3.8, 4) is 17.2 Å². The van der Waals surface area contributed by atoms with E-state index in [-0.39, 0.29) is 17.8 Å². The van der Waals surface area contributed by atoms with E-state index in [4.69, 9.17) is 17.0 Å². The van der Waals surface area contributed by atoms with Crippen molar-refractivity contribution >= 4 is 23.0 Å². The zero-order valence-corrected chi connectivity index (χ0v) is 22.5. The minimum Gasteiger partial charge on any atom is -0.506 e. The molecule has 0 unspecified atom stereocenters. The molecule has 38 heavy (non-hydrogen) atoms. The fraction of sp³-hybridized carbons (Fsp3) is 0.290. The SMILES string of the molecule is Cc1cc([C@H]2[C@@H](c3ccccn3)NC(=S)N2c2ccc(OC3CCCC3)cc2)c(C)n1-c1ccccc1O. The van der Waals surface area contributed by atoms with Gasteiger partial charge in [0, 0.05) is 23.3 Å². The molecule has 194 valence electrons. The fourth-order valence-electron chi connectivity index (χ4n) is 5.94. The predicted octanol–water partition coefficient (Wildman–Crippen LogP) is 6.69. The molecule has 7 heteroatoms. The molecular formula is C31H32N4O2S. The van der Waals surface area contributed by atoms with E-state index in [0.29, 0.717) is 11.2 Å². The number of anilines is 1. The van der Waals surface area contributed by atoms with Crippen LogP contribution in [0.4, 0.5) is 5.69 Å². The minimum absolute atomic E-state index is 0.134. The first-order chi connectivity index (χ1) is 18.5. The second-order valence-corrected chi connectivity index (χ2v) is 10.6. The topological polar surface area (TPSA) is 62.5 Å². The lowest BCUT2D eigenvalue weighted by molar-refractivity contribution is 0.210. The molecule has 2 N–H and O–H groups in total. The number of thiocarbonyl (C=S) groups is 1. The lowest BCUT2D eigenvalue weighted by Gasteiger charge is -2.28. The quantitative estimate of drug-likeness (QED) is 0.274. The van der Waals surface area contributed by atoms with Crippen molar-refractivity contribution in [3.63, 3.8) is 0 Å². The number of rotatable bonds is 6. The van der Waals surface area contributed by atoms with E-state index < -0.39 is 0 Å². The van der Waals surface area contributed by atoms with Gasteiger partial charge in [0.25, 0.3) is 0 Å². The molecule has 2 aliphatic rings. The van der Waals surface area contributed by atoms with Crippen LogP contribution in [0, 0.1) is 13.8 Å². The van der Waals surface area contributed by atoms with Crippen molar-refractivity contribution in [3.05, 3.63) is 102 Å². The molecule has 6 rings (SSSR count). The average molecular weight is 525 g/mol. The number of benzene rings is 2. The molecule has 0 radical (unpaired) electrons. The van der Waals surface area contributed by atoms with Crippen LogP contribution < -0.4 is 15.0 Å². The van der Waals surface area contributed by atoms with Gasteiger partial charge in [0.1, 0.15) is 11.5 Å². The Morgan fingerprint density at radius 2 is 1.71 bits per heavy atom. The first-order valence-corrected chi connectivity index (χ1v) is 13.7. The number of aromatic nitrogens is 2. The van der Waals surface area contributed by atoms with Gasteiger partial charge in [0.15, 0.2) is 5.11 Å². The Hall–Kier alpha value is -3.84. The van der Waals surface area contributed by atoms with Crippen LogP contribution >= 0.6 is 12.2 Å². The molecule has 2 atom stereocenters. The number of nitrogens with zero attached hydrogens (tertiary/aromatic N) is 3. The lowest BCUT2D eigenvalue weighted by Crippen LogP contribution is -2.29. The van der Waals surface area contributed by atoms with Crippen LogP contribution in [-0.2, 0) is 0 Å². The van der Waals surface area contributed by atoms with Crippen LogP contribution in [0.2, 0.25) is 0 Å². The summed E-state index contributed by atoms with van der Waals surface area (Å²) in [6.07, 6.45) is 6.87. The van der Waals surface area contributed by atoms with E-state index >= 15 is 0 Å². The maximum Gasteiger partial charge on any atom is 0.174 e. The number of hydrogen-bond donors (Lipinski definition) is 2. The third kappa shape index (κ3) is 4.41. The summed E-state index contributed by atoms with van der Waals surface area (Å²) in [4.78, 5) is 6.87. The van der Waals surface area contributed by atoms with Gasteiger partial charge in [-0.2, -0.15) is 0 Å². The maximum atomic E-state index is 10.6. The number of aromatic hydroxyl groups is 1. The van der Waals surface area contributed by atoms with Crippen LogP contribution in [-0.4, -0.2) is 25.9 Å². The third-order valence-electron chi connectivity index (χ3n) is 7.73. The summed E-state index contributed by atoms with van der Waals surface area (Å²) in [6.45, 7) is 4.17. The van der Waals surface area contributed by atoms with Gasteiger partial charge in [0.05, 0.1) is 29.6 Å². The van der Waals surface area contributed by atoms with Gasteiger partial charge in [-0.15, -0.1) is 0 Å². The molecule has 1 saturated heterocycles. The monoisotopic (exact) mass is 524 g/mol. The molecule has 1 aliphatic carbocycles. The van der Waals surface area contributed by atoms with Crippen LogP contribution in [0.1, 0.15) is 60.4 Å². The van der Waals surface area contributed by atoms with Crippen molar-refractivity contribution in [1.82, 2.24) is 14.9 Å². The van der Waals surface area contributed by atoms with E-state index in [9.17, 15) is 5.11 Å². The number of aryl methyl sites for hydroxylation is 1. The summed E-state index contributed by atoms with van der Waals surface area (Å²) in [7, 11) is 0. The van der Waals surface area contributed by atoms with E-state index in [1.807, 2.05) is 54.7 Å². The second kappa shape index (κ2) is 10.1. The predicted molar refractivity (Wildman–Crippen MR) is 154 cm³/mol. The van der Waals surface area contributed by atoms with Crippen molar-refractivity contribution in [2.45, 2.75) is 57.7 Å². The highest BCUT2D eigenvalue weighted by Gasteiger charge is 2.42. The normalized spacial score (nSPS) is 19.6. The molecule has 2 fully saturated rings. The zero-order valence-electron chi connectivity index (χ0n) is 21.7. The smallest absolute Gasteiger partial charge is 0.174 e. The summed E-state index contributed by atoms with van der Waals surface area (Å²) >= 11 is 5.93. The Bertz CT molecular complexity index is 1440. The summed E-state index contributed by atoms with van der Waals surface area (Å²) in [6, 6.07) is 23.6. The molecule has 2 aromatic heterocycles. The van der Waals surface area contributed by atoms with Gasteiger partial charge < -0.3 is 24.6 Å². The number of nitrogens with one attached hydrogen (secondary N) is 1. The maximum absolute atomic E-state index is 10.6. The van der Waals surface area contributed by atoms with Crippen LogP contribution in [0.25, 0.3) is 5.69 Å². The Balaban J connectivity index is 1.42. The Morgan fingerprint density at radius 1 is 0.974 bits per heavy atom. The summed E-state index contributed by atoms with van der Waals surface area (Å²) in [5.74, 6) is 1.14. The number of para-hydroxylation sites is 2. The highest BCUT2D eigenvalue weighted by atomic mass is 32.1. The molecule has 1 saturated carbocycles. The Morgan fingerprint density at radius 3 is 2.42 bits per heavy atom. The van der Waals surface area contributed by atoms with Gasteiger partial charge >= 0.3 is 0 Å². The van der Waals surface area contributed by atoms with E-state index in [2.05, 4.69) is 51.8 Å². The summed E-state index contributed by atoms with van der Waals surface area (Å²) in [5, 5.41) is 14.8. The first kappa shape index (κ1) is 24.5. The Kier molecular flexibility index (Phi) is 6.54. The van der Waals surface area contributed by atoms with Gasteiger partial charge in [0.2, 0.25) is 0 Å². The third-order valence-corrected chi connectivity index (χ3v) is 8.04. The highest BCUT2D eigenvalue weighted by molar-refractivity contribution is 7.80. The number of hydrogen-bond acceptors (Lipinski definition) is 4. The standard InChI is InChI=1S/C31H32N4O2S/c1-20-19-25(21(2)34(20)27-12-5-6-13-28(27)36)30-29(26-11-7-8-18-32-26)33-31(38)35(30)22-14-16-24(17-15-22)37-23-9-3-4-10-23/h5-8,11-19,23,29-30,36H,3-4,9-10H2,1-2H3,(H,33,38)/t29-,30+/m1/s1. The van der Waals surface area contributed by atoms with Crippen molar-refractivity contribution in [2.75, 3.05) is 4.90 Å². The molecular weight excluding hydrogens is 492 g/mol. The molecule has 1 aliphatic heterocycles. The molecule has 4 aromatic rings. The van der Waals surface area contributed by atoms with Crippen molar-refractivity contribution < 1.29 is 9.84 Å². The molecule has 0 bridgehead atoms. The van der Waals surface area contributed by atoms with Gasteiger partial charge in [-0.3, -0.25) is 4.98 Å². The zero-order chi connectivity index (χ0) is 26.2. The van der Waals surface area contributed by atoms with E-state index in [1.165, 1.54) is 12.8 Å². The average Bonchev–Trinajstić information content (AvgIpc) is 3.63. The van der Waals surface area contributed by atoms with Gasteiger partial charge in [-0.25, -0.2) is 0 Å². The van der Waals surface area contributed by atoms with Crippen molar-refractivity contribution in [1.29, 1.82) is 0 Å². The van der Waals surface area contributed by atoms with Gasteiger partial charge in [-0.1, -0.05) is 18.2 Å². The number of phenolic OH excluding ortho intramolecular Hbond substituents is 1. The molecule has 0 amide bonds. The fourth-order valence-corrected chi connectivity index (χ4v) is 6.29. The van der Waals surface area contributed by atoms with E-state index in [0.717, 1.165) is 52.6 Å². The highest BCUT2D eigenvalue weighted by Crippen LogP contribution is 2.44. The summed E-state index contributed by atoms with van der Waals surface area (Å²) in [5.41, 5.74) is 5.90. The van der Waals surface area contributed by atoms with Crippen LogP contribution in [0.15, 0.2) is 79.0 Å². The molecule has 6 nitrogen and oxygen atoms in total. The first-order valence-electron chi connectivity index (χ1n) is 13.3. The second-order valence-electron chi connectivity index (χ2n) is 10.2. The van der Waals surface area contributed by atoms with Crippen molar-refractivity contribution in [2.24, 2.45) is 0 Å². The molecule has 0 spiro atoms. The largest absolute Gasteiger partial charge is 0.506 e. The Labute approximate surface area is 228 Å². The number of ether oxygens (including phenoxy) is 1. The molecule has 3 heterocycles. The minimum atomic E-state index is -0.142. The van der Waals surface area contributed by atoms with Gasteiger partial charge in [-0.05, 0) is 112 Å². The van der Waals surface area contributed by atoms with Crippen LogP contribution in [0.5, 0.6) is 11.5 Å². The van der Waals surface area contributed by atoms with E-state index in [1.54, 1.807) is 6.07 Å². The number of phenols is 1. The number of pyridine rings is 1.